The van der Waals surface area contributed by atoms with E-state index in [1.165, 1.54) is 55.2 Å². The van der Waals surface area contributed by atoms with Gasteiger partial charge < -0.3 is 9.47 Å². The molecule has 50 heavy (non-hydrogen) atoms. The van der Waals surface area contributed by atoms with Gasteiger partial charge in [0, 0.05) is 33.5 Å². The zero-order valence-electron chi connectivity index (χ0n) is 27.5. The van der Waals surface area contributed by atoms with Gasteiger partial charge in [-0.1, -0.05) is 152 Å². The number of hydrogen-bond donors (Lipinski definition) is 0. The third kappa shape index (κ3) is 5.43. The van der Waals surface area contributed by atoms with E-state index in [0.717, 1.165) is 22.7 Å². The molecule has 0 saturated carbocycles. The van der Waals surface area contributed by atoms with Gasteiger partial charge in [0.1, 0.15) is 0 Å². The van der Waals surface area contributed by atoms with Gasteiger partial charge in [0.05, 0.1) is 11.0 Å². The quantitative estimate of drug-likeness (QED) is 0.169. The molecular formula is C48H34N2. The summed E-state index contributed by atoms with van der Waals surface area (Å²) in [5.41, 5.74) is 14.0. The first kappa shape index (κ1) is 29.5. The normalized spacial score (nSPS) is 11.2. The van der Waals surface area contributed by atoms with Crippen LogP contribution in [-0.2, 0) is 0 Å². The number of nitrogens with zero attached hydrogens (tertiary/aromatic N) is 2. The first-order chi connectivity index (χ1) is 24.8. The summed E-state index contributed by atoms with van der Waals surface area (Å²) >= 11 is 0. The van der Waals surface area contributed by atoms with Crippen LogP contribution in [0.25, 0.3) is 60.9 Å². The molecule has 0 N–H and O–H groups in total. The van der Waals surface area contributed by atoms with Crippen LogP contribution in [0.15, 0.2) is 206 Å². The zero-order valence-corrected chi connectivity index (χ0v) is 27.5. The number of anilines is 3. The molecule has 0 saturated heterocycles. The molecule has 0 aliphatic rings. The second-order valence-electron chi connectivity index (χ2n) is 12.6. The lowest BCUT2D eigenvalue weighted by Gasteiger charge is -2.27. The summed E-state index contributed by atoms with van der Waals surface area (Å²) in [6.07, 6.45) is 0. The lowest BCUT2D eigenvalue weighted by atomic mass is 10.0. The highest BCUT2D eigenvalue weighted by Crippen LogP contribution is 2.41. The first-order valence-corrected chi connectivity index (χ1v) is 17.1. The fourth-order valence-corrected chi connectivity index (χ4v) is 7.17. The van der Waals surface area contributed by atoms with E-state index in [2.05, 4.69) is 216 Å². The Hall–Kier alpha value is -6.64. The number of hydrogen-bond acceptors (Lipinski definition) is 1. The van der Waals surface area contributed by atoms with Crippen LogP contribution in [0.5, 0.6) is 0 Å². The Balaban J connectivity index is 1.24. The van der Waals surface area contributed by atoms with Crippen molar-refractivity contribution < 1.29 is 0 Å². The smallest absolute Gasteiger partial charge is 0.0561 e. The van der Waals surface area contributed by atoms with E-state index in [9.17, 15) is 0 Å². The molecule has 8 aromatic carbocycles. The van der Waals surface area contributed by atoms with Crippen LogP contribution in [0.4, 0.5) is 17.1 Å². The number of para-hydroxylation sites is 1. The van der Waals surface area contributed by atoms with Gasteiger partial charge in [-0.2, -0.15) is 0 Å². The minimum atomic E-state index is 1.10. The number of fused-ring (bicyclic) bond motifs is 3. The van der Waals surface area contributed by atoms with Crippen LogP contribution in [0.1, 0.15) is 0 Å². The van der Waals surface area contributed by atoms with Gasteiger partial charge in [0.25, 0.3) is 0 Å². The maximum atomic E-state index is 2.40. The van der Waals surface area contributed by atoms with Crippen molar-refractivity contribution in [3.05, 3.63) is 206 Å². The average molecular weight is 639 g/mol. The SMILES string of the molecule is c1ccc(-c2ccc(-n3c4ccccc4c4ccc(N(c5cccc(-c6ccccc6)c5)c5cccc(-c6ccccc6)c5)cc43)cc2)cc1. The monoisotopic (exact) mass is 638 g/mol. The fraction of sp³-hybridized carbons (Fsp3) is 0. The van der Waals surface area contributed by atoms with Crippen molar-refractivity contribution in [1.29, 1.82) is 0 Å². The van der Waals surface area contributed by atoms with Gasteiger partial charge in [-0.05, 0) is 88.0 Å². The van der Waals surface area contributed by atoms with Crippen molar-refractivity contribution in [2.45, 2.75) is 0 Å². The number of aromatic nitrogens is 1. The van der Waals surface area contributed by atoms with Crippen LogP contribution >= 0.6 is 0 Å². The Labute approximate surface area is 292 Å². The summed E-state index contributed by atoms with van der Waals surface area (Å²) in [5, 5.41) is 2.47. The number of rotatable bonds is 7. The van der Waals surface area contributed by atoms with Crippen LogP contribution in [-0.4, -0.2) is 4.57 Å². The van der Waals surface area contributed by atoms with Gasteiger partial charge >= 0.3 is 0 Å². The Bertz CT molecular complexity index is 2480. The molecule has 0 aliphatic heterocycles. The maximum absolute atomic E-state index is 2.40. The van der Waals surface area contributed by atoms with Crippen molar-refractivity contribution in [3.63, 3.8) is 0 Å². The van der Waals surface area contributed by atoms with Gasteiger partial charge in [-0.15, -0.1) is 0 Å². The predicted molar refractivity (Wildman–Crippen MR) is 212 cm³/mol. The molecule has 1 heterocycles. The van der Waals surface area contributed by atoms with Gasteiger partial charge in [0.2, 0.25) is 0 Å². The molecule has 0 aliphatic carbocycles. The Morgan fingerprint density at radius 3 is 1.30 bits per heavy atom. The van der Waals surface area contributed by atoms with Crippen LogP contribution in [0, 0.1) is 0 Å². The fourth-order valence-electron chi connectivity index (χ4n) is 7.17. The Kier molecular flexibility index (Phi) is 7.53. The summed E-state index contributed by atoms with van der Waals surface area (Å²) in [5.74, 6) is 0. The van der Waals surface area contributed by atoms with Crippen molar-refractivity contribution in [2.75, 3.05) is 4.90 Å². The van der Waals surface area contributed by atoms with Crippen molar-refractivity contribution >= 4 is 38.9 Å². The molecule has 0 spiro atoms. The molecule has 2 heteroatoms. The summed E-state index contributed by atoms with van der Waals surface area (Å²) < 4.78 is 2.40. The molecule has 236 valence electrons. The molecule has 9 aromatic rings. The van der Waals surface area contributed by atoms with Crippen molar-refractivity contribution in [3.8, 4) is 39.1 Å². The van der Waals surface area contributed by atoms with Crippen molar-refractivity contribution in [1.82, 2.24) is 4.57 Å². The highest BCUT2D eigenvalue weighted by Gasteiger charge is 2.18. The predicted octanol–water partition coefficient (Wildman–Crippen LogP) is 13.3. The molecule has 0 bridgehead atoms. The second-order valence-corrected chi connectivity index (χ2v) is 12.6. The number of benzene rings is 8. The van der Waals surface area contributed by atoms with Gasteiger partial charge in [-0.25, -0.2) is 0 Å². The van der Waals surface area contributed by atoms with E-state index in [1.54, 1.807) is 0 Å². The molecule has 0 atom stereocenters. The molecule has 0 fully saturated rings. The molecule has 0 radical (unpaired) electrons. The summed E-state index contributed by atoms with van der Waals surface area (Å²) in [6.45, 7) is 0. The summed E-state index contributed by atoms with van der Waals surface area (Å²) in [6, 6.07) is 74.1. The van der Waals surface area contributed by atoms with Gasteiger partial charge in [0.15, 0.2) is 0 Å². The Morgan fingerprint density at radius 1 is 0.280 bits per heavy atom. The van der Waals surface area contributed by atoms with E-state index in [0.29, 0.717) is 0 Å². The minimum Gasteiger partial charge on any atom is -0.310 e. The van der Waals surface area contributed by atoms with Crippen LogP contribution in [0.3, 0.4) is 0 Å². The van der Waals surface area contributed by atoms with E-state index >= 15 is 0 Å². The summed E-state index contributed by atoms with van der Waals surface area (Å²) in [4.78, 5) is 2.39. The second kappa shape index (κ2) is 12.8. The standard InChI is InChI=1S/C48H34N2/c1-4-14-35(15-5-1)38-26-28-41(29-27-38)50-47-25-11-10-24-45(47)46-31-30-44(34-48(46)50)49(42-22-12-20-39(32-42)36-16-6-2-7-17-36)43-23-13-21-40(33-43)37-18-8-3-9-19-37/h1-34H. The van der Waals surface area contributed by atoms with E-state index < -0.39 is 0 Å². The first-order valence-electron chi connectivity index (χ1n) is 17.1. The molecule has 2 nitrogen and oxygen atoms in total. The summed E-state index contributed by atoms with van der Waals surface area (Å²) in [7, 11) is 0. The Morgan fingerprint density at radius 2 is 0.720 bits per heavy atom. The van der Waals surface area contributed by atoms with E-state index in [4.69, 9.17) is 0 Å². The lowest BCUT2D eigenvalue weighted by Crippen LogP contribution is -2.10. The molecule has 0 amide bonds. The lowest BCUT2D eigenvalue weighted by molar-refractivity contribution is 1.18. The van der Waals surface area contributed by atoms with Crippen LogP contribution < -0.4 is 4.90 Å². The molecule has 0 unspecified atom stereocenters. The van der Waals surface area contributed by atoms with Crippen LogP contribution in [0.2, 0.25) is 0 Å². The van der Waals surface area contributed by atoms with Crippen molar-refractivity contribution in [2.24, 2.45) is 0 Å². The maximum Gasteiger partial charge on any atom is 0.0561 e. The third-order valence-electron chi connectivity index (χ3n) is 9.57. The minimum absolute atomic E-state index is 1.10. The van der Waals surface area contributed by atoms with E-state index in [1.807, 2.05) is 0 Å². The van der Waals surface area contributed by atoms with Gasteiger partial charge in [-0.3, -0.25) is 0 Å². The van der Waals surface area contributed by atoms with E-state index in [-0.39, 0.29) is 0 Å². The molecular weight excluding hydrogens is 605 g/mol. The average Bonchev–Trinajstić information content (AvgIpc) is 3.53. The largest absolute Gasteiger partial charge is 0.310 e. The third-order valence-corrected chi connectivity index (χ3v) is 9.57. The highest BCUT2D eigenvalue weighted by atomic mass is 15.1. The highest BCUT2D eigenvalue weighted by molar-refractivity contribution is 6.10. The molecule has 1 aromatic heterocycles. The topological polar surface area (TPSA) is 8.17 Å². The molecule has 9 rings (SSSR count). The zero-order chi connectivity index (χ0) is 33.3.